The summed E-state index contributed by atoms with van der Waals surface area (Å²) in [5.41, 5.74) is 0.965. The Hall–Kier alpha value is -1.02. The predicted molar refractivity (Wildman–Crippen MR) is 78.2 cm³/mol. The van der Waals surface area contributed by atoms with Gasteiger partial charge in [-0.3, -0.25) is 0 Å². The molecule has 1 rings (SSSR count). The second-order valence-electron chi connectivity index (χ2n) is 4.90. The summed E-state index contributed by atoms with van der Waals surface area (Å²) in [6.07, 6.45) is 2.80. The molecule has 1 aromatic rings. The molecule has 0 saturated carbocycles. The van der Waals surface area contributed by atoms with Crippen molar-refractivity contribution >= 4 is 0 Å². The summed E-state index contributed by atoms with van der Waals surface area (Å²) in [7, 11) is 0. The fraction of sp³-hybridized carbons (Fsp3) is 0.625. The van der Waals surface area contributed by atoms with Gasteiger partial charge < -0.3 is 9.84 Å². The zero-order chi connectivity index (χ0) is 14.0. The van der Waals surface area contributed by atoms with E-state index in [2.05, 4.69) is 27.7 Å². The van der Waals surface area contributed by atoms with E-state index < -0.39 is 0 Å². The van der Waals surface area contributed by atoms with Crippen molar-refractivity contribution in [3.63, 3.8) is 0 Å². The van der Waals surface area contributed by atoms with E-state index in [1.165, 1.54) is 12.0 Å². The number of aryl methyl sites for hydroxylation is 1. The number of benzene rings is 1. The highest BCUT2D eigenvalue weighted by Crippen LogP contribution is 2.24. The molecule has 0 aliphatic heterocycles. The molecule has 1 N–H and O–H groups in total. The predicted octanol–water partition coefficient (Wildman–Crippen LogP) is 4.34. The number of hydrogen-bond acceptors (Lipinski definition) is 2. The first-order valence-corrected chi connectivity index (χ1v) is 6.87. The molecule has 0 radical (unpaired) electrons. The van der Waals surface area contributed by atoms with Crippen LogP contribution >= 0.6 is 0 Å². The summed E-state index contributed by atoms with van der Waals surface area (Å²) in [5.74, 6) is 0.874. The fourth-order valence-electron chi connectivity index (χ4n) is 1.43. The summed E-state index contributed by atoms with van der Waals surface area (Å²) in [6, 6.07) is 8.01. The zero-order valence-corrected chi connectivity index (χ0v) is 12.5. The molecule has 1 unspecified atom stereocenters. The van der Waals surface area contributed by atoms with Crippen molar-refractivity contribution in [3.05, 3.63) is 29.8 Å². The SMILES string of the molecule is CCC.CCC(C)(CCO)Oc1ccc(C)cc1. The van der Waals surface area contributed by atoms with Crippen LogP contribution in [0.1, 0.15) is 52.5 Å². The van der Waals surface area contributed by atoms with Crippen molar-refractivity contribution in [2.45, 2.75) is 59.5 Å². The van der Waals surface area contributed by atoms with Crippen molar-refractivity contribution in [3.8, 4) is 5.75 Å². The monoisotopic (exact) mass is 252 g/mol. The first kappa shape index (κ1) is 17.0. The van der Waals surface area contributed by atoms with Crippen LogP contribution in [0.15, 0.2) is 24.3 Å². The molecule has 2 nitrogen and oxygen atoms in total. The molecule has 18 heavy (non-hydrogen) atoms. The minimum Gasteiger partial charge on any atom is -0.488 e. The van der Waals surface area contributed by atoms with Gasteiger partial charge in [-0.2, -0.15) is 0 Å². The highest BCUT2D eigenvalue weighted by Gasteiger charge is 2.23. The third-order valence-electron chi connectivity index (χ3n) is 2.77. The van der Waals surface area contributed by atoms with Crippen molar-refractivity contribution in [1.29, 1.82) is 0 Å². The minimum atomic E-state index is -0.260. The van der Waals surface area contributed by atoms with E-state index in [9.17, 15) is 0 Å². The van der Waals surface area contributed by atoms with E-state index in [0.29, 0.717) is 6.42 Å². The first-order chi connectivity index (χ1) is 8.51. The molecule has 0 amide bonds. The van der Waals surface area contributed by atoms with Gasteiger partial charge in [0.15, 0.2) is 0 Å². The molecule has 1 atom stereocenters. The fourth-order valence-corrected chi connectivity index (χ4v) is 1.43. The summed E-state index contributed by atoms with van der Waals surface area (Å²) in [5, 5.41) is 8.98. The normalized spacial score (nSPS) is 13.2. The number of ether oxygens (including phenoxy) is 1. The smallest absolute Gasteiger partial charge is 0.120 e. The van der Waals surface area contributed by atoms with Crippen LogP contribution in [0.3, 0.4) is 0 Å². The van der Waals surface area contributed by atoms with Crippen LogP contribution < -0.4 is 4.74 Å². The average molecular weight is 252 g/mol. The average Bonchev–Trinajstić information content (AvgIpc) is 2.34. The third-order valence-corrected chi connectivity index (χ3v) is 2.77. The van der Waals surface area contributed by atoms with Gasteiger partial charge in [0, 0.05) is 13.0 Å². The molecule has 0 aromatic heterocycles. The summed E-state index contributed by atoms with van der Waals surface area (Å²) in [6.45, 7) is 10.6. The standard InChI is InChI=1S/C13H20O2.C3H8/c1-4-13(3,9-10-14)15-12-7-5-11(2)6-8-12;1-3-2/h5-8,14H,4,9-10H2,1-3H3;3H2,1-2H3. The lowest BCUT2D eigenvalue weighted by molar-refractivity contribution is 0.0550. The summed E-state index contributed by atoms with van der Waals surface area (Å²) >= 11 is 0. The zero-order valence-electron chi connectivity index (χ0n) is 12.5. The molecular weight excluding hydrogens is 224 g/mol. The molecule has 2 heteroatoms. The molecule has 0 bridgehead atoms. The van der Waals surface area contributed by atoms with Crippen LogP contribution in [-0.4, -0.2) is 17.3 Å². The van der Waals surface area contributed by atoms with Crippen LogP contribution in [0, 0.1) is 6.92 Å². The second kappa shape index (κ2) is 8.98. The van der Waals surface area contributed by atoms with Crippen LogP contribution in [-0.2, 0) is 0 Å². The topological polar surface area (TPSA) is 29.5 Å². The molecule has 1 aromatic carbocycles. The lowest BCUT2D eigenvalue weighted by atomic mass is 9.99. The van der Waals surface area contributed by atoms with Crippen molar-refractivity contribution < 1.29 is 9.84 Å². The molecule has 0 spiro atoms. The van der Waals surface area contributed by atoms with Gasteiger partial charge in [0.05, 0.1) is 0 Å². The van der Waals surface area contributed by atoms with Gasteiger partial charge in [0.25, 0.3) is 0 Å². The van der Waals surface area contributed by atoms with Crippen molar-refractivity contribution in [1.82, 2.24) is 0 Å². The van der Waals surface area contributed by atoms with Crippen LogP contribution in [0.5, 0.6) is 5.75 Å². The van der Waals surface area contributed by atoms with Gasteiger partial charge >= 0.3 is 0 Å². The number of aliphatic hydroxyl groups is 1. The highest BCUT2D eigenvalue weighted by molar-refractivity contribution is 5.26. The van der Waals surface area contributed by atoms with Gasteiger partial charge in [0.2, 0.25) is 0 Å². The first-order valence-electron chi connectivity index (χ1n) is 6.87. The van der Waals surface area contributed by atoms with Gasteiger partial charge in [-0.1, -0.05) is 44.9 Å². The quantitative estimate of drug-likeness (QED) is 0.844. The van der Waals surface area contributed by atoms with Gasteiger partial charge in [-0.25, -0.2) is 0 Å². The molecule has 0 saturated heterocycles. The molecular formula is C16H28O2. The molecule has 0 fully saturated rings. The Balaban J connectivity index is 0.000000873. The lowest BCUT2D eigenvalue weighted by Gasteiger charge is -2.29. The Morgan fingerprint density at radius 2 is 1.61 bits per heavy atom. The molecule has 104 valence electrons. The number of hydrogen-bond donors (Lipinski definition) is 1. The second-order valence-corrected chi connectivity index (χ2v) is 4.90. The highest BCUT2D eigenvalue weighted by atomic mass is 16.5. The Bertz CT molecular complexity index is 305. The van der Waals surface area contributed by atoms with Crippen LogP contribution in [0.4, 0.5) is 0 Å². The van der Waals surface area contributed by atoms with E-state index in [1.807, 2.05) is 31.2 Å². The minimum absolute atomic E-state index is 0.163. The number of aliphatic hydroxyl groups excluding tert-OH is 1. The maximum absolute atomic E-state index is 8.98. The van der Waals surface area contributed by atoms with Crippen LogP contribution in [0.25, 0.3) is 0 Å². The van der Waals surface area contributed by atoms with E-state index >= 15 is 0 Å². The maximum Gasteiger partial charge on any atom is 0.120 e. The summed E-state index contributed by atoms with van der Waals surface area (Å²) in [4.78, 5) is 0. The molecule has 0 aliphatic rings. The van der Waals surface area contributed by atoms with Crippen molar-refractivity contribution in [2.24, 2.45) is 0 Å². The Kier molecular flexibility index (Phi) is 8.47. The van der Waals surface area contributed by atoms with Gasteiger partial charge in [0.1, 0.15) is 11.4 Å². The van der Waals surface area contributed by atoms with E-state index in [4.69, 9.17) is 9.84 Å². The Morgan fingerprint density at radius 1 is 1.11 bits per heavy atom. The van der Waals surface area contributed by atoms with Gasteiger partial charge in [-0.05, 0) is 32.4 Å². The van der Waals surface area contributed by atoms with E-state index in [-0.39, 0.29) is 12.2 Å². The molecule has 0 heterocycles. The Labute approximate surface area is 112 Å². The van der Waals surface area contributed by atoms with Gasteiger partial charge in [-0.15, -0.1) is 0 Å². The van der Waals surface area contributed by atoms with Crippen LogP contribution in [0.2, 0.25) is 0 Å². The number of rotatable bonds is 5. The third kappa shape index (κ3) is 6.65. The van der Waals surface area contributed by atoms with E-state index in [1.54, 1.807) is 0 Å². The Morgan fingerprint density at radius 3 is 2.00 bits per heavy atom. The largest absolute Gasteiger partial charge is 0.488 e. The lowest BCUT2D eigenvalue weighted by Crippen LogP contribution is -2.32. The maximum atomic E-state index is 8.98. The molecule has 0 aliphatic carbocycles. The summed E-state index contributed by atoms with van der Waals surface area (Å²) < 4.78 is 5.89. The van der Waals surface area contributed by atoms with Crippen molar-refractivity contribution in [2.75, 3.05) is 6.61 Å². The van der Waals surface area contributed by atoms with E-state index in [0.717, 1.165) is 12.2 Å².